The SMILES string of the molecule is NC1CC2CCC(C1)N2CC(=O)Nc1cccc(Cl)c1Cl. The van der Waals surface area contributed by atoms with Crippen LogP contribution in [0.1, 0.15) is 25.7 Å². The number of rotatable bonds is 3. The molecule has 0 spiro atoms. The molecule has 2 saturated heterocycles. The number of hydrogen-bond acceptors (Lipinski definition) is 3. The maximum absolute atomic E-state index is 12.3. The van der Waals surface area contributed by atoms with Gasteiger partial charge >= 0.3 is 0 Å². The average molecular weight is 328 g/mol. The number of amides is 1. The van der Waals surface area contributed by atoms with Crippen molar-refractivity contribution in [3.63, 3.8) is 0 Å². The topological polar surface area (TPSA) is 58.4 Å². The van der Waals surface area contributed by atoms with Gasteiger partial charge in [0.1, 0.15) is 0 Å². The molecule has 2 fully saturated rings. The lowest BCUT2D eigenvalue weighted by Crippen LogP contribution is -2.49. The lowest BCUT2D eigenvalue weighted by Gasteiger charge is -2.37. The van der Waals surface area contributed by atoms with E-state index < -0.39 is 0 Å². The minimum atomic E-state index is -0.0495. The Bertz CT molecular complexity index is 538. The second kappa shape index (κ2) is 6.13. The molecule has 2 bridgehead atoms. The summed E-state index contributed by atoms with van der Waals surface area (Å²) >= 11 is 12.0. The standard InChI is InChI=1S/C15H19Cl2N3O/c16-12-2-1-3-13(15(12)17)19-14(21)8-20-10-4-5-11(20)7-9(18)6-10/h1-3,9-11H,4-8,18H2,(H,19,21). The van der Waals surface area contributed by atoms with Gasteiger partial charge in [-0.25, -0.2) is 0 Å². The van der Waals surface area contributed by atoms with Crippen LogP contribution in [0, 0.1) is 0 Å². The molecule has 1 aromatic carbocycles. The summed E-state index contributed by atoms with van der Waals surface area (Å²) < 4.78 is 0. The van der Waals surface area contributed by atoms with E-state index in [1.807, 2.05) is 0 Å². The van der Waals surface area contributed by atoms with Crippen LogP contribution >= 0.6 is 23.2 Å². The van der Waals surface area contributed by atoms with Crippen LogP contribution < -0.4 is 11.1 Å². The molecule has 0 aliphatic carbocycles. The second-order valence-corrected chi connectivity index (χ2v) is 6.72. The van der Waals surface area contributed by atoms with Gasteiger partial charge in [0.05, 0.1) is 22.3 Å². The highest BCUT2D eigenvalue weighted by atomic mass is 35.5. The predicted octanol–water partition coefficient (Wildman–Crippen LogP) is 2.89. The molecule has 6 heteroatoms. The molecule has 0 radical (unpaired) electrons. The first kappa shape index (κ1) is 15.1. The third kappa shape index (κ3) is 3.19. The van der Waals surface area contributed by atoms with Crippen molar-refractivity contribution in [3.8, 4) is 0 Å². The molecule has 3 N–H and O–H groups in total. The molecule has 2 aliphatic rings. The summed E-state index contributed by atoms with van der Waals surface area (Å²) in [5, 5.41) is 3.68. The first-order chi connectivity index (χ1) is 10.0. The normalized spacial score (nSPS) is 28.6. The quantitative estimate of drug-likeness (QED) is 0.897. The largest absolute Gasteiger partial charge is 0.328 e. The van der Waals surface area contributed by atoms with Crippen molar-refractivity contribution in [2.75, 3.05) is 11.9 Å². The zero-order valence-corrected chi connectivity index (χ0v) is 13.2. The predicted molar refractivity (Wildman–Crippen MR) is 85.8 cm³/mol. The van der Waals surface area contributed by atoms with Gasteiger partial charge in [-0.2, -0.15) is 0 Å². The van der Waals surface area contributed by atoms with Crippen LogP contribution in [0.25, 0.3) is 0 Å². The van der Waals surface area contributed by atoms with Gasteiger partial charge < -0.3 is 11.1 Å². The van der Waals surface area contributed by atoms with Gasteiger partial charge in [0.15, 0.2) is 0 Å². The van der Waals surface area contributed by atoms with Crippen molar-refractivity contribution in [2.45, 2.75) is 43.8 Å². The van der Waals surface area contributed by atoms with Crippen molar-refractivity contribution in [1.82, 2.24) is 4.90 Å². The molecule has 1 aromatic rings. The van der Waals surface area contributed by atoms with Gasteiger partial charge in [-0.05, 0) is 37.8 Å². The highest BCUT2D eigenvalue weighted by Crippen LogP contribution is 2.35. The molecule has 4 nitrogen and oxygen atoms in total. The van der Waals surface area contributed by atoms with Crippen molar-refractivity contribution in [1.29, 1.82) is 0 Å². The smallest absolute Gasteiger partial charge is 0.238 e. The first-order valence-corrected chi connectivity index (χ1v) is 8.05. The van der Waals surface area contributed by atoms with Gasteiger partial charge in [0.25, 0.3) is 0 Å². The molecular weight excluding hydrogens is 309 g/mol. The van der Waals surface area contributed by atoms with E-state index in [4.69, 9.17) is 28.9 Å². The summed E-state index contributed by atoms with van der Waals surface area (Å²) in [5.41, 5.74) is 6.61. The van der Waals surface area contributed by atoms with Crippen LogP contribution in [0.3, 0.4) is 0 Å². The van der Waals surface area contributed by atoms with Gasteiger partial charge in [-0.1, -0.05) is 29.3 Å². The van der Waals surface area contributed by atoms with Crippen LogP contribution in [-0.2, 0) is 4.79 Å². The van der Waals surface area contributed by atoms with E-state index in [-0.39, 0.29) is 11.9 Å². The van der Waals surface area contributed by atoms with Crippen molar-refractivity contribution in [3.05, 3.63) is 28.2 Å². The molecule has 0 aromatic heterocycles. The number of hydrogen-bond donors (Lipinski definition) is 2. The molecule has 114 valence electrons. The Labute approximate surface area is 134 Å². The fraction of sp³-hybridized carbons (Fsp3) is 0.533. The summed E-state index contributed by atoms with van der Waals surface area (Å²) in [5.74, 6) is -0.0495. The number of nitrogens with zero attached hydrogens (tertiary/aromatic N) is 1. The maximum atomic E-state index is 12.3. The number of nitrogens with two attached hydrogens (primary N) is 1. The van der Waals surface area contributed by atoms with Crippen LogP contribution in [0.4, 0.5) is 5.69 Å². The molecule has 3 rings (SSSR count). The number of anilines is 1. The van der Waals surface area contributed by atoms with Crippen molar-refractivity contribution < 1.29 is 4.79 Å². The molecule has 1 amide bonds. The minimum absolute atomic E-state index is 0.0495. The Balaban J connectivity index is 1.64. The maximum Gasteiger partial charge on any atom is 0.238 e. The highest BCUT2D eigenvalue weighted by molar-refractivity contribution is 6.43. The van der Waals surface area contributed by atoms with Gasteiger partial charge in [0.2, 0.25) is 5.91 Å². The van der Waals surface area contributed by atoms with E-state index in [1.165, 1.54) is 0 Å². The number of carbonyl (C=O) groups is 1. The highest BCUT2D eigenvalue weighted by Gasteiger charge is 2.40. The van der Waals surface area contributed by atoms with Crippen molar-refractivity contribution in [2.24, 2.45) is 5.73 Å². The van der Waals surface area contributed by atoms with Gasteiger partial charge in [-0.3, -0.25) is 9.69 Å². The first-order valence-electron chi connectivity index (χ1n) is 7.30. The summed E-state index contributed by atoms with van der Waals surface area (Å²) in [6, 6.07) is 6.40. The van der Waals surface area contributed by atoms with E-state index in [0.29, 0.717) is 34.4 Å². The summed E-state index contributed by atoms with van der Waals surface area (Å²) in [4.78, 5) is 14.5. The van der Waals surface area contributed by atoms with Crippen LogP contribution in [0.2, 0.25) is 10.0 Å². The van der Waals surface area contributed by atoms with E-state index in [0.717, 1.165) is 25.7 Å². The fourth-order valence-electron chi connectivity index (χ4n) is 3.53. The number of nitrogens with one attached hydrogen (secondary N) is 1. The van der Waals surface area contributed by atoms with E-state index in [1.54, 1.807) is 18.2 Å². The number of carbonyl (C=O) groups excluding carboxylic acids is 1. The molecule has 2 unspecified atom stereocenters. The molecule has 0 saturated carbocycles. The van der Waals surface area contributed by atoms with E-state index >= 15 is 0 Å². The third-order valence-electron chi connectivity index (χ3n) is 4.47. The average Bonchev–Trinajstić information content (AvgIpc) is 2.68. The second-order valence-electron chi connectivity index (χ2n) is 5.94. The third-order valence-corrected chi connectivity index (χ3v) is 5.29. The Hall–Kier alpha value is -0.810. The zero-order valence-electron chi connectivity index (χ0n) is 11.7. The molecule has 2 aliphatic heterocycles. The van der Waals surface area contributed by atoms with E-state index in [2.05, 4.69) is 10.2 Å². The number of fused-ring (bicyclic) bond motifs is 2. The zero-order chi connectivity index (χ0) is 15.0. The van der Waals surface area contributed by atoms with Crippen LogP contribution in [0.15, 0.2) is 18.2 Å². The van der Waals surface area contributed by atoms with Crippen molar-refractivity contribution >= 4 is 34.8 Å². The monoisotopic (exact) mass is 327 g/mol. The van der Waals surface area contributed by atoms with Gasteiger partial charge in [0, 0.05) is 18.1 Å². The lowest BCUT2D eigenvalue weighted by molar-refractivity contribution is -0.118. The Kier molecular flexibility index (Phi) is 4.41. The Morgan fingerprint density at radius 3 is 2.62 bits per heavy atom. The van der Waals surface area contributed by atoms with Crippen LogP contribution in [0.5, 0.6) is 0 Å². The summed E-state index contributed by atoms with van der Waals surface area (Å²) in [7, 11) is 0. The summed E-state index contributed by atoms with van der Waals surface area (Å²) in [6.45, 7) is 0.394. The number of halogens is 2. The van der Waals surface area contributed by atoms with Gasteiger partial charge in [-0.15, -0.1) is 0 Å². The Morgan fingerprint density at radius 1 is 1.29 bits per heavy atom. The lowest BCUT2D eigenvalue weighted by atomic mass is 9.98. The molecular formula is C15H19Cl2N3O. The number of piperidine rings is 1. The molecule has 2 heterocycles. The molecule has 21 heavy (non-hydrogen) atoms. The minimum Gasteiger partial charge on any atom is -0.328 e. The fourth-order valence-corrected chi connectivity index (χ4v) is 3.88. The van der Waals surface area contributed by atoms with Crippen LogP contribution in [-0.4, -0.2) is 35.5 Å². The summed E-state index contributed by atoms with van der Waals surface area (Å²) in [6.07, 6.45) is 4.26. The molecule has 2 atom stereocenters. The van der Waals surface area contributed by atoms with E-state index in [9.17, 15) is 4.79 Å². The Morgan fingerprint density at radius 2 is 1.95 bits per heavy atom. The number of benzene rings is 1.